The van der Waals surface area contributed by atoms with Gasteiger partial charge in [0, 0.05) is 13.0 Å². The van der Waals surface area contributed by atoms with Crippen molar-refractivity contribution in [3.63, 3.8) is 0 Å². The molecular weight excluding hydrogens is 236 g/mol. The number of rotatable bonds is 5. The third-order valence-electron chi connectivity index (χ3n) is 2.89. The van der Waals surface area contributed by atoms with Gasteiger partial charge in [0.15, 0.2) is 11.9 Å². The van der Waals surface area contributed by atoms with Crippen molar-refractivity contribution in [1.82, 2.24) is 10.1 Å². The average molecular weight is 254 g/mol. The molecule has 1 aliphatic rings. The van der Waals surface area contributed by atoms with Crippen LogP contribution in [0, 0.1) is 6.92 Å². The van der Waals surface area contributed by atoms with Gasteiger partial charge in [-0.2, -0.15) is 4.98 Å². The van der Waals surface area contributed by atoms with Gasteiger partial charge in [0.05, 0.1) is 6.10 Å². The van der Waals surface area contributed by atoms with Gasteiger partial charge in [0.2, 0.25) is 0 Å². The number of carbonyl (C=O) groups is 1. The molecule has 2 rings (SSSR count). The molecule has 0 bridgehead atoms. The summed E-state index contributed by atoms with van der Waals surface area (Å²) >= 11 is 0. The predicted molar refractivity (Wildman–Crippen MR) is 61.8 cm³/mol. The lowest BCUT2D eigenvalue weighted by molar-refractivity contribution is -0.150. The van der Waals surface area contributed by atoms with E-state index in [0.717, 1.165) is 19.4 Å². The SMILES string of the molecule is Cc1noc(C(C)OC(=O)CCC2CCCO2)n1. The zero-order valence-electron chi connectivity index (χ0n) is 10.7. The first-order chi connectivity index (χ1) is 8.65. The summed E-state index contributed by atoms with van der Waals surface area (Å²) in [6, 6.07) is 0. The van der Waals surface area contributed by atoms with Crippen LogP contribution in [0.15, 0.2) is 4.52 Å². The maximum absolute atomic E-state index is 11.6. The van der Waals surface area contributed by atoms with Crippen molar-refractivity contribution < 1.29 is 18.8 Å². The normalized spacial score (nSPS) is 20.9. The standard InChI is InChI=1S/C12H18N2O4/c1-8(12-13-9(2)14-18-12)17-11(15)6-5-10-4-3-7-16-10/h8,10H,3-7H2,1-2H3. The van der Waals surface area contributed by atoms with Gasteiger partial charge in [0.1, 0.15) is 0 Å². The summed E-state index contributed by atoms with van der Waals surface area (Å²) in [6.07, 6.45) is 2.90. The second-order valence-electron chi connectivity index (χ2n) is 4.49. The molecule has 100 valence electrons. The van der Waals surface area contributed by atoms with Crippen LogP contribution in [0.2, 0.25) is 0 Å². The summed E-state index contributed by atoms with van der Waals surface area (Å²) in [6.45, 7) is 4.24. The lowest BCUT2D eigenvalue weighted by Gasteiger charge is -2.11. The molecule has 2 atom stereocenters. The van der Waals surface area contributed by atoms with E-state index < -0.39 is 6.10 Å². The summed E-state index contributed by atoms with van der Waals surface area (Å²) < 4.78 is 15.6. The van der Waals surface area contributed by atoms with Gasteiger partial charge in [-0.3, -0.25) is 4.79 Å². The van der Waals surface area contributed by atoms with Crippen molar-refractivity contribution in [3.05, 3.63) is 11.7 Å². The largest absolute Gasteiger partial charge is 0.453 e. The van der Waals surface area contributed by atoms with E-state index in [9.17, 15) is 4.79 Å². The Morgan fingerprint density at radius 2 is 2.44 bits per heavy atom. The van der Waals surface area contributed by atoms with E-state index in [-0.39, 0.29) is 12.1 Å². The van der Waals surface area contributed by atoms with Crippen molar-refractivity contribution in [2.45, 2.75) is 51.7 Å². The smallest absolute Gasteiger partial charge is 0.306 e. The van der Waals surface area contributed by atoms with Gasteiger partial charge in [-0.25, -0.2) is 0 Å². The Hall–Kier alpha value is -1.43. The number of hydrogen-bond donors (Lipinski definition) is 0. The fraction of sp³-hybridized carbons (Fsp3) is 0.750. The molecule has 6 heteroatoms. The maximum atomic E-state index is 11.6. The van der Waals surface area contributed by atoms with Crippen LogP contribution in [0.1, 0.15) is 50.4 Å². The van der Waals surface area contributed by atoms with E-state index in [1.54, 1.807) is 13.8 Å². The number of ether oxygens (including phenoxy) is 2. The van der Waals surface area contributed by atoms with Crippen molar-refractivity contribution >= 4 is 5.97 Å². The molecule has 0 spiro atoms. The third-order valence-corrected chi connectivity index (χ3v) is 2.89. The molecule has 6 nitrogen and oxygen atoms in total. The molecule has 0 amide bonds. The van der Waals surface area contributed by atoms with Crippen LogP contribution in [-0.2, 0) is 14.3 Å². The van der Waals surface area contributed by atoms with Crippen LogP contribution >= 0.6 is 0 Å². The van der Waals surface area contributed by atoms with Gasteiger partial charge in [-0.15, -0.1) is 0 Å². The van der Waals surface area contributed by atoms with Crippen LogP contribution < -0.4 is 0 Å². The molecule has 18 heavy (non-hydrogen) atoms. The van der Waals surface area contributed by atoms with E-state index in [1.165, 1.54) is 0 Å². The second kappa shape index (κ2) is 5.95. The Labute approximate surface area is 106 Å². The number of aromatic nitrogens is 2. The molecule has 2 unspecified atom stereocenters. The molecule has 0 aliphatic carbocycles. The molecule has 0 aromatic carbocycles. The molecule has 2 heterocycles. The number of aryl methyl sites for hydroxylation is 1. The van der Waals surface area contributed by atoms with E-state index >= 15 is 0 Å². The van der Waals surface area contributed by atoms with Crippen molar-refractivity contribution in [1.29, 1.82) is 0 Å². The minimum Gasteiger partial charge on any atom is -0.453 e. The highest BCUT2D eigenvalue weighted by molar-refractivity contribution is 5.69. The Kier molecular flexibility index (Phi) is 4.30. The first-order valence-electron chi connectivity index (χ1n) is 6.26. The third kappa shape index (κ3) is 3.53. The molecule has 1 fully saturated rings. The average Bonchev–Trinajstić information content (AvgIpc) is 2.97. The zero-order chi connectivity index (χ0) is 13.0. The molecule has 0 radical (unpaired) electrons. The summed E-state index contributed by atoms with van der Waals surface area (Å²) in [4.78, 5) is 15.6. The second-order valence-corrected chi connectivity index (χ2v) is 4.49. The highest BCUT2D eigenvalue weighted by Crippen LogP contribution is 2.19. The molecule has 1 aliphatic heterocycles. The maximum Gasteiger partial charge on any atom is 0.306 e. The highest BCUT2D eigenvalue weighted by atomic mass is 16.6. The highest BCUT2D eigenvalue weighted by Gasteiger charge is 2.20. The van der Waals surface area contributed by atoms with Crippen LogP contribution in [0.3, 0.4) is 0 Å². The summed E-state index contributed by atoms with van der Waals surface area (Å²) in [5, 5.41) is 3.66. The Balaban J connectivity index is 1.73. The van der Waals surface area contributed by atoms with Crippen LogP contribution in [0.5, 0.6) is 0 Å². The Bertz CT molecular complexity index is 399. The van der Waals surface area contributed by atoms with E-state index in [4.69, 9.17) is 14.0 Å². The minimum absolute atomic E-state index is 0.207. The lowest BCUT2D eigenvalue weighted by atomic mass is 10.1. The predicted octanol–water partition coefficient (Wildman–Crippen LogP) is 1.94. The number of nitrogens with zero attached hydrogens (tertiary/aromatic N) is 2. The molecular formula is C12H18N2O4. The van der Waals surface area contributed by atoms with Crippen molar-refractivity contribution in [2.24, 2.45) is 0 Å². The number of hydrogen-bond acceptors (Lipinski definition) is 6. The first kappa shape index (κ1) is 13.0. The Morgan fingerprint density at radius 1 is 1.61 bits per heavy atom. The molecule has 0 saturated carbocycles. The van der Waals surface area contributed by atoms with Gasteiger partial charge in [0.25, 0.3) is 5.89 Å². The molecule has 1 saturated heterocycles. The fourth-order valence-corrected chi connectivity index (χ4v) is 1.94. The van der Waals surface area contributed by atoms with E-state index in [0.29, 0.717) is 24.6 Å². The quantitative estimate of drug-likeness (QED) is 0.747. The van der Waals surface area contributed by atoms with Crippen molar-refractivity contribution in [2.75, 3.05) is 6.61 Å². The fourth-order valence-electron chi connectivity index (χ4n) is 1.94. The van der Waals surface area contributed by atoms with Crippen LogP contribution in [0.4, 0.5) is 0 Å². The Morgan fingerprint density at radius 3 is 3.06 bits per heavy atom. The summed E-state index contributed by atoms with van der Waals surface area (Å²) in [5.74, 6) is 0.610. The minimum atomic E-state index is -0.497. The summed E-state index contributed by atoms with van der Waals surface area (Å²) in [5.41, 5.74) is 0. The van der Waals surface area contributed by atoms with Gasteiger partial charge < -0.3 is 14.0 Å². The zero-order valence-corrected chi connectivity index (χ0v) is 10.7. The summed E-state index contributed by atoms with van der Waals surface area (Å²) in [7, 11) is 0. The lowest BCUT2D eigenvalue weighted by Crippen LogP contribution is -2.13. The van der Waals surface area contributed by atoms with Crippen LogP contribution in [-0.4, -0.2) is 28.8 Å². The van der Waals surface area contributed by atoms with Gasteiger partial charge in [-0.05, 0) is 33.1 Å². The molecule has 1 aromatic rings. The first-order valence-corrected chi connectivity index (χ1v) is 6.26. The van der Waals surface area contributed by atoms with E-state index in [1.807, 2.05) is 0 Å². The number of carbonyl (C=O) groups excluding carboxylic acids is 1. The van der Waals surface area contributed by atoms with Crippen molar-refractivity contribution in [3.8, 4) is 0 Å². The number of esters is 1. The van der Waals surface area contributed by atoms with E-state index in [2.05, 4.69) is 10.1 Å². The van der Waals surface area contributed by atoms with Gasteiger partial charge >= 0.3 is 5.97 Å². The molecule has 1 aromatic heterocycles. The topological polar surface area (TPSA) is 74.5 Å². The van der Waals surface area contributed by atoms with Crippen LogP contribution in [0.25, 0.3) is 0 Å². The molecule has 0 N–H and O–H groups in total. The monoisotopic (exact) mass is 254 g/mol. The van der Waals surface area contributed by atoms with Gasteiger partial charge in [-0.1, -0.05) is 5.16 Å².